The highest BCUT2D eigenvalue weighted by Crippen LogP contribution is 2.21. The number of hydrogen-bond donors (Lipinski definition) is 0. The molecule has 1 unspecified atom stereocenters. The first-order valence-electron chi connectivity index (χ1n) is 10.1. The second kappa shape index (κ2) is 9.52. The average molecular weight is 401 g/mol. The largest absolute Gasteiger partial charge is 0.493 e. The van der Waals surface area contributed by atoms with Crippen LogP contribution in [0.15, 0.2) is 47.3 Å². The van der Waals surface area contributed by atoms with E-state index in [1.165, 1.54) is 36.4 Å². The highest BCUT2D eigenvalue weighted by molar-refractivity contribution is 7.99. The van der Waals surface area contributed by atoms with Gasteiger partial charge in [0, 0.05) is 50.1 Å². The molecule has 0 bridgehead atoms. The van der Waals surface area contributed by atoms with Gasteiger partial charge in [0.15, 0.2) is 0 Å². The van der Waals surface area contributed by atoms with E-state index < -0.39 is 0 Å². The van der Waals surface area contributed by atoms with Crippen LogP contribution in [0.25, 0.3) is 0 Å². The van der Waals surface area contributed by atoms with Crippen LogP contribution >= 0.6 is 11.8 Å². The van der Waals surface area contributed by atoms with Gasteiger partial charge in [-0.25, -0.2) is 0 Å². The molecule has 0 N–H and O–H groups in total. The topological polar surface area (TPSA) is 45.9 Å². The maximum atomic E-state index is 12.5. The Hall–Kier alpha value is -1.92. The van der Waals surface area contributed by atoms with Crippen molar-refractivity contribution in [2.45, 2.75) is 19.4 Å². The van der Waals surface area contributed by atoms with Gasteiger partial charge in [0.05, 0.1) is 18.4 Å². The summed E-state index contributed by atoms with van der Waals surface area (Å²) in [6, 6.07) is 10.2. The Morgan fingerprint density at radius 1 is 1.14 bits per heavy atom. The van der Waals surface area contributed by atoms with Crippen molar-refractivity contribution in [3.05, 3.63) is 54.0 Å². The van der Waals surface area contributed by atoms with Crippen LogP contribution in [0, 0.1) is 5.92 Å². The van der Waals surface area contributed by atoms with Gasteiger partial charge < -0.3 is 14.1 Å². The predicted molar refractivity (Wildman–Crippen MR) is 112 cm³/mol. The minimum Gasteiger partial charge on any atom is -0.493 e. The Morgan fingerprint density at radius 2 is 1.96 bits per heavy atom. The van der Waals surface area contributed by atoms with Crippen LogP contribution in [0.5, 0.6) is 5.75 Å². The van der Waals surface area contributed by atoms with E-state index in [1.807, 2.05) is 16.7 Å². The molecular weight excluding hydrogens is 372 g/mol. The quantitative estimate of drug-likeness (QED) is 0.739. The van der Waals surface area contributed by atoms with Crippen molar-refractivity contribution in [2.24, 2.45) is 5.92 Å². The lowest BCUT2D eigenvalue weighted by Crippen LogP contribution is -2.41. The Bertz CT molecular complexity index is 742. The van der Waals surface area contributed by atoms with Crippen LogP contribution in [0.3, 0.4) is 0 Å². The molecule has 6 heteroatoms. The van der Waals surface area contributed by atoms with Crippen LogP contribution in [0.1, 0.15) is 28.8 Å². The van der Waals surface area contributed by atoms with Crippen LogP contribution in [0.2, 0.25) is 0 Å². The first kappa shape index (κ1) is 19.4. The van der Waals surface area contributed by atoms with Crippen molar-refractivity contribution in [2.75, 3.05) is 44.3 Å². The van der Waals surface area contributed by atoms with E-state index in [9.17, 15) is 4.79 Å². The van der Waals surface area contributed by atoms with E-state index in [0.717, 1.165) is 38.2 Å². The lowest BCUT2D eigenvalue weighted by atomic mass is 9.98. The number of carbonyl (C=O) groups excluding carboxylic acids is 1. The molecule has 0 saturated carbocycles. The molecule has 1 aromatic carbocycles. The number of piperidine rings is 1. The molecule has 1 aromatic heterocycles. The van der Waals surface area contributed by atoms with E-state index in [4.69, 9.17) is 9.15 Å². The number of furan rings is 1. The number of amides is 1. The second-order valence-corrected chi connectivity index (χ2v) is 8.84. The smallest absolute Gasteiger partial charge is 0.257 e. The lowest BCUT2D eigenvalue weighted by Gasteiger charge is -2.32. The van der Waals surface area contributed by atoms with E-state index >= 15 is 0 Å². The SMILES string of the molecule is O=C(c1ccoc1)N1CCCC(COc2ccc(CN3CCSCC3)cc2)C1. The summed E-state index contributed by atoms with van der Waals surface area (Å²) in [5.41, 5.74) is 1.97. The van der Waals surface area contributed by atoms with Crippen molar-refractivity contribution < 1.29 is 13.9 Å². The number of nitrogens with zero attached hydrogens (tertiary/aromatic N) is 2. The van der Waals surface area contributed by atoms with E-state index in [-0.39, 0.29) is 5.91 Å². The minimum atomic E-state index is 0.0546. The molecular formula is C22H28N2O3S. The van der Waals surface area contributed by atoms with Gasteiger partial charge in [0.2, 0.25) is 0 Å². The third kappa shape index (κ3) is 5.11. The molecule has 0 spiro atoms. The zero-order valence-electron chi connectivity index (χ0n) is 16.2. The molecule has 2 saturated heterocycles. The Balaban J connectivity index is 1.25. The standard InChI is InChI=1S/C22H28N2O3S/c25-22(20-7-11-26-17-20)24-8-1-2-19(15-24)16-27-21-5-3-18(4-6-21)14-23-9-12-28-13-10-23/h3-7,11,17,19H,1-2,8-10,12-16H2. The molecule has 2 aliphatic rings. The Kier molecular flexibility index (Phi) is 6.60. The maximum Gasteiger partial charge on any atom is 0.257 e. The maximum absolute atomic E-state index is 12.5. The normalized spacial score (nSPS) is 20.9. The summed E-state index contributed by atoms with van der Waals surface area (Å²) >= 11 is 2.04. The molecule has 1 amide bonds. The third-order valence-electron chi connectivity index (χ3n) is 5.49. The van der Waals surface area contributed by atoms with Crippen LogP contribution in [-0.4, -0.2) is 60.0 Å². The summed E-state index contributed by atoms with van der Waals surface area (Å²) in [7, 11) is 0. The summed E-state index contributed by atoms with van der Waals surface area (Å²) in [5.74, 6) is 3.82. The van der Waals surface area contributed by atoms with E-state index in [2.05, 4.69) is 29.2 Å². The van der Waals surface area contributed by atoms with Crippen molar-refractivity contribution in [1.29, 1.82) is 0 Å². The van der Waals surface area contributed by atoms with Crippen LogP contribution in [-0.2, 0) is 6.54 Å². The summed E-state index contributed by atoms with van der Waals surface area (Å²) in [6.45, 7) is 5.59. The Morgan fingerprint density at radius 3 is 2.71 bits per heavy atom. The molecule has 2 aromatic rings. The molecule has 2 aliphatic heterocycles. The Labute approximate surface area is 171 Å². The van der Waals surface area contributed by atoms with Gasteiger partial charge in [-0.3, -0.25) is 9.69 Å². The molecule has 4 rings (SSSR count). The van der Waals surface area contributed by atoms with Crippen molar-refractivity contribution in [3.63, 3.8) is 0 Å². The first-order valence-corrected chi connectivity index (χ1v) is 11.3. The van der Waals surface area contributed by atoms with Crippen LogP contribution in [0.4, 0.5) is 0 Å². The average Bonchev–Trinajstić information content (AvgIpc) is 3.29. The molecule has 3 heterocycles. The zero-order valence-corrected chi connectivity index (χ0v) is 17.0. The van der Waals surface area contributed by atoms with Crippen molar-refractivity contribution >= 4 is 17.7 Å². The lowest BCUT2D eigenvalue weighted by molar-refractivity contribution is 0.0632. The number of thioether (sulfide) groups is 1. The molecule has 0 aliphatic carbocycles. The highest BCUT2D eigenvalue weighted by atomic mass is 32.2. The molecule has 150 valence electrons. The van der Waals surface area contributed by atoms with Gasteiger partial charge in [-0.2, -0.15) is 11.8 Å². The monoisotopic (exact) mass is 400 g/mol. The molecule has 5 nitrogen and oxygen atoms in total. The van der Waals surface area contributed by atoms with Gasteiger partial charge in [0.25, 0.3) is 5.91 Å². The van der Waals surface area contributed by atoms with Gasteiger partial charge >= 0.3 is 0 Å². The number of rotatable bonds is 6. The van der Waals surface area contributed by atoms with E-state index in [0.29, 0.717) is 18.1 Å². The number of hydrogen-bond acceptors (Lipinski definition) is 5. The van der Waals surface area contributed by atoms with Gasteiger partial charge in [-0.15, -0.1) is 0 Å². The molecule has 28 heavy (non-hydrogen) atoms. The minimum absolute atomic E-state index is 0.0546. The molecule has 2 fully saturated rings. The fraction of sp³-hybridized carbons (Fsp3) is 0.500. The highest BCUT2D eigenvalue weighted by Gasteiger charge is 2.25. The zero-order chi connectivity index (χ0) is 19.2. The van der Waals surface area contributed by atoms with Gasteiger partial charge in [-0.1, -0.05) is 12.1 Å². The number of carbonyl (C=O) groups is 1. The fourth-order valence-corrected chi connectivity index (χ4v) is 4.86. The van der Waals surface area contributed by atoms with Gasteiger partial charge in [-0.05, 0) is 36.6 Å². The predicted octanol–water partition coefficient (Wildman–Crippen LogP) is 3.76. The first-order chi connectivity index (χ1) is 13.8. The fourth-order valence-electron chi connectivity index (χ4n) is 3.88. The summed E-state index contributed by atoms with van der Waals surface area (Å²) in [4.78, 5) is 16.9. The van der Waals surface area contributed by atoms with Crippen molar-refractivity contribution in [3.8, 4) is 5.75 Å². The van der Waals surface area contributed by atoms with Gasteiger partial charge in [0.1, 0.15) is 12.0 Å². The van der Waals surface area contributed by atoms with E-state index in [1.54, 1.807) is 12.3 Å². The summed E-state index contributed by atoms with van der Waals surface area (Å²) in [5, 5.41) is 0. The molecule has 1 atom stereocenters. The van der Waals surface area contributed by atoms with Crippen molar-refractivity contribution in [1.82, 2.24) is 9.80 Å². The number of likely N-dealkylation sites (tertiary alicyclic amines) is 1. The third-order valence-corrected chi connectivity index (χ3v) is 6.44. The molecule has 0 radical (unpaired) electrons. The number of ether oxygens (including phenoxy) is 1. The van der Waals surface area contributed by atoms with Crippen LogP contribution < -0.4 is 4.74 Å². The summed E-state index contributed by atoms with van der Waals surface area (Å²) in [6.07, 6.45) is 5.18. The second-order valence-electron chi connectivity index (χ2n) is 7.61. The summed E-state index contributed by atoms with van der Waals surface area (Å²) < 4.78 is 11.1. The number of benzene rings is 1.